The average Bonchev–Trinajstić information content (AvgIpc) is 3.07. The maximum atomic E-state index is 12.0. The van der Waals surface area contributed by atoms with E-state index in [1.807, 2.05) is 19.9 Å². The molecule has 21 heavy (non-hydrogen) atoms. The first-order valence-electron chi connectivity index (χ1n) is 6.68. The third-order valence-electron chi connectivity index (χ3n) is 3.09. The summed E-state index contributed by atoms with van der Waals surface area (Å²) in [5.74, 6) is 0.864. The molecule has 0 fully saturated rings. The predicted molar refractivity (Wildman–Crippen MR) is 73.5 cm³/mol. The predicted octanol–water partition coefficient (Wildman–Crippen LogP) is 1.17. The second-order valence-electron chi connectivity index (χ2n) is 4.71. The molecule has 0 saturated heterocycles. The molecule has 1 unspecified atom stereocenters. The Kier molecular flexibility index (Phi) is 3.43. The highest BCUT2D eigenvalue weighted by Crippen LogP contribution is 2.38. The molecule has 1 atom stereocenters. The van der Waals surface area contributed by atoms with Crippen LogP contribution in [0.5, 0.6) is 11.5 Å². The van der Waals surface area contributed by atoms with Gasteiger partial charge in [0.15, 0.2) is 0 Å². The highest BCUT2D eigenvalue weighted by Gasteiger charge is 2.23. The molecule has 0 bridgehead atoms. The van der Waals surface area contributed by atoms with Gasteiger partial charge in [0.2, 0.25) is 0 Å². The number of aromatic amines is 1. The van der Waals surface area contributed by atoms with Crippen molar-refractivity contribution < 1.29 is 14.3 Å². The minimum atomic E-state index is -0.462. The molecule has 2 N–H and O–H groups in total. The number of hydrogen-bond donors (Lipinski definition) is 2. The third-order valence-corrected chi connectivity index (χ3v) is 3.09. The largest absolute Gasteiger partial charge is 0.492 e. The number of carbonyl (C=O) groups is 1. The SMILES string of the molecule is CCOc1cc2c(cc1NC(=O)c1nn[nH]n1)OC(C)C2. The molecule has 110 valence electrons. The Bertz CT molecular complexity index is 656. The zero-order valence-electron chi connectivity index (χ0n) is 11.7. The van der Waals surface area contributed by atoms with E-state index in [1.165, 1.54) is 0 Å². The molecular formula is C13H15N5O3. The molecule has 1 aromatic heterocycles. The van der Waals surface area contributed by atoms with E-state index in [0.717, 1.165) is 17.7 Å². The van der Waals surface area contributed by atoms with Gasteiger partial charge >= 0.3 is 0 Å². The van der Waals surface area contributed by atoms with Crippen molar-refractivity contribution in [2.75, 3.05) is 11.9 Å². The van der Waals surface area contributed by atoms with Crippen LogP contribution in [0.3, 0.4) is 0 Å². The van der Waals surface area contributed by atoms with Crippen LogP contribution in [0.15, 0.2) is 12.1 Å². The van der Waals surface area contributed by atoms with Crippen LogP contribution in [0.4, 0.5) is 5.69 Å². The lowest BCUT2D eigenvalue weighted by Crippen LogP contribution is -2.15. The Morgan fingerprint density at radius 3 is 3.14 bits per heavy atom. The van der Waals surface area contributed by atoms with Crippen LogP contribution < -0.4 is 14.8 Å². The molecule has 2 heterocycles. The number of tetrazole rings is 1. The molecule has 0 radical (unpaired) electrons. The first-order chi connectivity index (χ1) is 10.2. The van der Waals surface area contributed by atoms with Crippen molar-refractivity contribution in [2.24, 2.45) is 0 Å². The van der Waals surface area contributed by atoms with Gasteiger partial charge in [-0.3, -0.25) is 4.79 Å². The van der Waals surface area contributed by atoms with E-state index in [1.54, 1.807) is 6.07 Å². The summed E-state index contributed by atoms with van der Waals surface area (Å²) in [6.07, 6.45) is 0.951. The van der Waals surface area contributed by atoms with Crippen molar-refractivity contribution in [3.63, 3.8) is 0 Å². The van der Waals surface area contributed by atoms with Gasteiger partial charge < -0.3 is 14.8 Å². The van der Waals surface area contributed by atoms with Crippen LogP contribution >= 0.6 is 0 Å². The number of H-pyrrole nitrogens is 1. The summed E-state index contributed by atoms with van der Waals surface area (Å²) in [6.45, 7) is 4.38. The van der Waals surface area contributed by atoms with E-state index in [-0.39, 0.29) is 11.9 Å². The Hall–Kier alpha value is -2.64. The standard InChI is InChI=1S/C13H15N5O3/c1-3-20-11-5-8-4-7(2)21-10(8)6-9(11)14-13(19)12-15-17-18-16-12/h5-7H,3-4H2,1-2H3,(H,14,19)(H,15,16,17,18). The highest BCUT2D eigenvalue weighted by atomic mass is 16.5. The Balaban J connectivity index is 1.90. The van der Waals surface area contributed by atoms with Crippen LogP contribution in [0, 0.1) is 0 Å². The van der Waals surface area contributed by atoms with E-state index < -0.39 is 5.91 Å². The number of fused-ring (bicyclic) bond motifs is 1. The fraction of sp³-hybridized carbons (Fsp3) is 0.385. The molecule has 1 aromatic carbocycles. The molecule has 1 amide bonds. The molecule has 0 aliphatic carbocycles. The lowest BCUT2D eigenvalue weighted by Gasteiger charge is -2.12. The number of nitrogens with zero attached hydrogens (tertiary/aromatic N) is 3. The van der Waals surface area contributed by atoms with E-state index in [4.69, 9.17) is 9.47 Å². The Morgan fingerprint density at radius 2 is 2.43 bits per heavy atom. The lowest BCUT2D eigenvalue weighted by molar-refractivity contribution is 0.101. The van der Waals surface area contributed by atoms with Gasteiger partial charge in [0.1, 0.15) is 17.6 Å². The second kappa shape index (κ2) is 5.39. The van der Waals surface area contributed by atoms with Crippen molar-refractivity contribution in [1.82, 2.24) is 20.6 Å². The maximum absolute atomic E-state index is 12.0. The lowest BCUT2D eigenvalue weighted by atomic mass is 10.1. The summed E-state index contributed by atoms with van der Waals surface area (Å²) >= 11 is 0. The summed E-state index contributed by atoms with van der Waals surface area (Å²) < 4.78 is 11.3. The van der Waals surface area contributed by atoms with Gasteiger partial charge in [0.05, 0.1) is 12.3 Å². The second-order valence-corrected chi connectivity index (χ2v) is 4.71. The molecule has 8 nitrogen and oxygen atoms in total. The minimum Gasteiger partial charge on any atom is -0.492 e. The number of nitrogens with one attached hydrogen (secondary N) is 2. The third kappa shape index (κ3) is 2.64. The van der Waals surface area contributed by atoms with Crippen molar-refractivity contribution >= 4 is 11.6 Å². The molecular weight excluding hydrogens is 274 g/mol. The summed E-state index contributed by atoms with van der Waals surface area (Å²) in [5, 5.41) is 15.6. The van der Waals surface area contributed by atoms with E-state index >= 15 is 0 Å². The van der Waals surface area contributed by atoms with E-state index in [9.17, 15) is 4.79 Å². The van der Waals surface area contributed by atoms with Gasteiger partial charge in [0.25, 0.3) is 11.7 Å². The monoisotopic (exact) mass is 289 g/mol. The zero-order valence-corrected chi connectivity index (χ0v) is 11.7. The van der Waals surface area contributed by atoms with Crippen molar-refractivity contribution in [3.05, 3.63) is 23.5 Å². The van der Waals surface area contributed by atoms with Gasteiger partial charge in [-0.05, 0) is 25.1 Å². The van der Waals surface area contributed by atoms with Gasteiger partial charge in [-0.2, -0.15) is 5.21 Å². The number of ether oxygens (including phenoxy) is 2. The summed E-state index contributed by atoms with van der Waals surface area (Å²) in [6, 6.07) is 3.66. The molecule has 3 rings (SSSR count). The van der Waals surface area contributed by atoms with Gasteiger partial charge in [-0.25, -0.2) is 0 Å². The minimum absolute atomic E-state index is 0.0350. The fourth-order valence-corrected chi connectivity index (χ4v) is 2.25. The maximum Gasteiger partial charge on any atom is 0.297 e. The Labute approximate surface area is 120 Å². The fourth-order valence-electron chi connectivity index (χ4n) is 2.25. The van der Waals surface area contributed by atoms with E-state index in [0.29, 0.717) is 18.0 Å². The molecule has 1 aliphatic heterocycles. The summed E-state index contributed by atoms with van der Waals surface area (Å²) in [7, 11) is 0. The van der Waals surface area contributed by atoms with Gasteiger partial charge in [-0.15, -0.1) is 10.2 Å². The van der Waals surface area contributed by atoms with Gasteiger partial charge in [0, 0.05) is 18.1 Å². The number of carbonyl (C=O) groups excluding carboxylic acids is 1. The highest BCUT2D eigenvalue weighted by molar-refractivity contribution is 6.02. The number of anilines is 1. The average molecular weight is 289 g/mol. The molecule has 0 spiro atoms. The molecule has 0 saturated carbocycles. The number of rotatable bonds is 4. The quantitative estimate of drug-likeness (QED) is 0.876. The Morgan fingerprint density at radius 1 is 1.57 bits per heavy atom. The number of hydrogen-bond acceptors (Lipinski definition) is 6. The first kappa shape index (κ1) is 13.3. The van der Waals surface area contributed by atoms with Crippen molar-refractivity contribution in [1.29, 1.82) is 0 Å². The van der Waals surface area contributed by atoms with Crippen LogP contribution in [0.25, 0.3) is 0 Å². The zero-order chi connectivity index (χ0) is 14.8. The van der Waals surface area contributed by atoms with Crippen LogP contribution in [0.2, 0.25) is 0 Å². The van der Waals surface area contributed by atoms with Crippen LogP contribution in [-0.4, -0.2) is 39.2 Å². The summed E-state index contributed by atoms with van der Waals surface area (Å²) in [4.78, 5) is 12.0. The number of aromatic nitrogens is 4. The van der Waals surface area contributed by atoms with Crippen molar-refractivity contribution in [3.8, 4) is 11.5 Å². The normalized spacial score (nSPS) is 16.2. The summed E-state index contributed by atoms with van der Waals surface area (Å²) in [5.41, 5.74) is 1.60. The smallest absolute Gasteiger partial charge is 0.297 e. The van der Waals surface area contributed by atoms with E-state index in [2.05, 4.69) is 25.9 Å². The number of amides is 1. The van der Waals surface area contributed by atoms with Crippen LogP contribution in [0.1, 0.15) is 30.0 Å². The first-order valence-corrected chi connectivity index (χ1v) is 6.68. The van der Waals surface area contributed by atoms with Gasteiger partial charge in [-0.1, -0.05) is 0 Å². The molecule has 1 aliphatic rings. The molecule has 8 heteroatoms. The van der Waals surface area contributed by atoms with Crippen molar-refractivity contribution in [2.45, 2.75) is 26.4 Å². The topological polar surface area (TPSA) is 102 Å². The molecule has 2 aromatic rings. The van der Waals surface area contributed by atoms with Crippen LogP contribution in [-0.2, 0) is 6.42 Å². The number of benzene rings is 1.